The molecule has 0 aromatic carbocycles. The van der Waals surface area contributed by atoms with E-state index in [1.54, 1.807) is 33.7 Å². The number of rotatable bonds is 4. The number of nitrogens with zero attached hydrogens (tertiary/aromatic N) is 6. The van der Waals surface area contributed by atoms with Crippen LogP contribution in [0.15, 0.2) is 30.9 Å². The van der Waals surface area contributed by atoms with Crippen molar-refractivity contribution in [3.8, 4) is 0 Å². The van der Waals surface area contributed by atoms with Crippen LogP contribution in [0.1, 0.15) is 12.8 Å². The highest BCUT2D eigenvalue weighted by atomic mass is 35.5. The van der Waals surface area contributed by atoms with E-state index in [9.17, 15) is 4.79 Å². The fraction of sp³-hybridized carbons (Fsp3) is 0.353. The average Bonchev–Trinajstić information content (AvgIpc) is 2.99. The largest absolute Gasteiger partial charge is 0.309 e. The topological polar surface area (TPSA) is 80.3 Å². The maximum absolute atomic E-state index is 12.4. The molecule has 28 heavy (non-hydrogen) atoms. The normalized spacial score (nSPS) is 15.8. The van der Waals surface area contributed by atoms with E-state index >= 15 is 0 Å². The van der Waals surface area contributed by atoms with Crippen molar-refractivity contribution in [3.05, 3.63) is 45.7 Å². The lowest BCUT2D eigenvalue weighted by molar-refractivity contribution is -0.121. The van der Waals surface area contributed by atoms with Crippen molar-refractivity contribution in [2.75, 3.05) is 18.4 Å². The zero-order valence-corrected chi connectivity index (χ0v) is 17.1. The number of fused-ring (bicyclic) bond motifs is 1. The molecule has 146 valence electrons. The smallest absolute Gasteiger partial charge is 0.228 e. The maximum Gasteiger partial charge on any atom is 0.228 e. The molecule has 11 heteroatoms. The van der Waals surface area contributed by atoms with Crippen molar-refractivity contribution < 1.29 is 4.79 Å². The van der Waals surface area contributed by atoms with Gasteiger partial charge in [0.1, 0.15) is 0 Å². The number of aromatic nitrogens is 5. The predicted molar refractivity (Wildman–Crippen MR) is 109 cm³/mol. The van der Waals surface area contributed by atoms with Gasteiger partial charge in [0.2, 0.25) is 10.7 Å². The molecule has 4 heterocycles. The zero-order chi connectivity index (χ0) is 19.7. The summed E-state index contributed by atoms with van der Waals surface area (Å²) in [6.07, 6.45) is 7.86. The monoisotopic (exact) mass is 437 g/mol. The second-order valence-electron chi connectivity index (χ2n) is 6.60. The Morgan fingerprint density at radius 2 is 2.07 bits per heavy atom. The van der Waals surface area contributed by atoms with Gasteiger partial charge < -0.3 is 5.32 Å². The van der Waals surface area contributed by atoms with Crippen LogP contribution in [-0.2, 0) is 11.5 Å². The summed E-state index contributed by atoms with van der Waals surface area (Å²) in [6, 6.07) is 1.64. The number of pyridine rings is 1. The molecule has 4 rings (SSSR count). The number of likely N-dealkylation sites (tertiary alicyclic amines) is 1. The van der Waals surface area contributed by atoms with Gasteiger partial charge in [-0.05, 0) is 31.1 Å². The van der Waals surface area contributed by atoms with Crippen molar-refractivity contribution in [1.29, 1.82) is 0 Å². The van der Waals surface area contributed by atoms with Gasteiger partial charge in [0, 0.05) is 37.6 Å². The molecule has 1 fully saturated rings. The molecule has 1 saturated heterocycles. The predicted octanol–water partition coefficient (Wildman–Crippen LogP) is 3.27. The number of hydrogen-bond donors (Lipinski definition) is 1. The van der Waals surface area contributed by atoms with E-state index in [0.29, 0.717) is 33.0 Å². The molecule has 0 radical (unpaired) electrons. The number of anilines is 1. The fourth-order valence-corrected chi connectivity index (χ4v) is 4.00. The van der Waals surface area contributed by atoms with Gasteiger partial charge >= 0.3 is 0 Å². The summed E-state index contributed by atoms with van der Waals surface area (Å²) < 4.78 is 3.97. The van der Waals surface area contributed by atoms with E-state index in [2.05, 4.69) is 25.3 Å². The van der Waals surface area contributed by atoms with Crippen LogP contribution in [0.3, 0.4) is 0 Å². The fourth-order valence-electron chi connectivity index (χ4n) is 3.26. The number of piperidine rings is 1. The molecule has 0 bridgehead atoms. The van der Waals surface area contributed by atoms with Crippen LogP contribution in [0.5, 0.6) is 0 Å². The highest BCUT2D eigenvalue weighted by Gasteiger charge is 2.26. The first-order chi connectivity index (χ1) is 13.5. The van der Waals surface area contributed by atoms with E-state index in [4.69, 9.17) is 35.4 Å². The molecule has 0 spiro atoms. The SMILES string of the molecule is O=C(Nc1cnccn1)C1CCN(Cn2nc3c(Cl)cc(Cl)cn3c2=S)CC1. The standard InChI is InChI=1S/C17H17Cl2N7OS/c18-12-7-13(19)15-23-26(17(28)25(15)9-12)10-24-5-1-11(2-6-24)16(27)22-14-8-20-3-4-21-14/h3-4,7-9,11H,1-2,5-6,10H2,(H,21,22,27). The van der Waals surface area contributed by atoms with Crippen molar-refractivity contribution >= 4 is 52.8 Å². The molecule has 0 aliphatic carbocycles. The van der Waals surface area contributed by atoms with Crippen molar-refractivity contribution in [1.82, 2.24) is 29.0 Å². The number of halogens is 2. The Labute approximate surface area is 176 Å². The van der Waals surface area contributed by atoms with Crippen LogP contribution in [0.4, 0.5) is 5.82 Å². The molecule has 0 saturated carbocycles. The van der Waals surface area contributed by atoms with Gasteiger partial charge in [-0.3, -0.25) is 19.1 Å². The van der Waals surface area contributed by atoms with Crippen LogP contribution in [-0.4, -0.2) is 48.0 Å². The van der Waals surface area contributed by atoms with Gasteiger partial charge in [-0.2, -0.15) is 0 Å². The number of amides is 1. The summed E-state index contributed by atoms with van der Waals surface area (Å²) in [5, 5.41) is 8.28. The van der Waals surface area contributed by atoms with Crippen LogP contribution in [0.2, 0.25) is 10.0 Å². The van der Waals surface area contributed by atoms with Gasteiger partial charge in [-0.15, -0.1) is 5.10 Å². The lowest BCUT2D eigenvalue weighted by Crippen LogP contribution is -2.39. The Morgan fingerprint density at radius 1 is 1.29 bits per heavy atom. The molecule has 1 N–H and O–H groups in total. The Morgan fingerprint density at radius 3 is 2.79 bits per heavy atom. The average molecular weight is 438 g/mol. The minimum Gasteiger partial charge on any atom is -0.309 e. The minimum atomic E-state index is -0.0550. The van der Waals surface area contributed by atoms with Gasteiger partial charge in [-0.25, -0.2) is 9.67 Å². The number of carbonyl (C=O) groups excluding carboxylic acids is 1. The summed E-state index contributed by atoms with van der Waals surface area (Å²) >= 11 is 17.8. The van der Waals surface area contributed by atoms with Crippen LogP contribution in [0, 0.1) is 10.7 Å². The minimum absolute atomic E-state index is 0.0223. The molecule has 3 aromatic heterocycles. The Balaban J connectivity index is 1.39. The van der Waals surface area contributed by atoms with E-state index in [-0.39, 0.29) is 11.8 Å². The molecule has 0 atom stereocenters. The quantitative estimate of drug-likeness (QED) is 0.630. The van der Waals surface area contributed by atoms with Crippen LogP contribution < -0.4 is 5.32 Å². The van der Waals surface area contributed by atoms with Crippen LogP contribution >= 0.6 is 35.4 Å². The summed E-state index contributed by atoms with van der Waals surface area (Å²) in [4.78, 5) is 22.7. The zero-order valence-electron chi connectivity index (χ0n) is 14.8. The van der Waals surface area contributed by atoms with Gasteiger partial charge in [-0.1, -0.05) is 23.2 Å². The third-order valence-corrected chi connectivity index (χ3v) is 5.60. The van der Waals surface area contributed by atoms with E-state index in [0.717, 1.165) is 25.9 Å². The van der Waals surface area contributed by atoms with Crippen molar-refractivity contribution in [3.63, 3.8) is 0 Å². The van der Waals surface area contributed by atoms with E-state index in [1.165, 1.54) is 6.20 Å². The number of carbonyl (C=O) groups is 1. The third kappa shape index (κ3) is 4.02. The first kappa shape index (κ1) is 19.3. The number of hydrogen-bond acceptors (Lipinski definition) is 6. The second kappa shape index (κ2) is 8.12. The molecule has 1 aliphatic heterocycles. The van der Waals surface area contributed by atoms with E-state index < -0.39 is 0 Å². The lowest BCUT2D eigenvalue weighted by atomic mass is 9.96. The molecule has 8 nitrogen and oxygen atoms in total. The highest BCUT2D eigenvalue weighted by Crippen LogP contribution is 2.23. The summed E-state index contributed by atoms with van der Waals surface area (Å²) in [6.45, 7) is 2.07. The first-order valence-electron chi connectivity index (χ1n) is 8.75. The summed E-state index contributed by atoms with van der Waals surface area (Å²) in [5.74, 6) is 0.396. The summed E-state index contributed by atoms with van der Waals surface area (Å²) in [7, 11) is 0. The first-order valence-corrected chi connectivity index (χ1v) is 9.91. The Hall–Kier alpha value is -2.07. The second-order valence-corrected chi connectivity index (χ2v) is 7.80. The Kier molecular flexibility index (Phi) is 5.58. The van der Waals surface area contributed by atoms with Crippen molar-refractivity contribution in [2.24, 2.45) is 5.92 Å². The summed E-state index contributed by atoms with van der Waals surface area (Å²) in [5.41, 5.74) is 0.578. The third-order valence-electron chi connectivity index (χ3n) is 4.71. The van der Waals surface area contributed by atoms with Gasteiger partial charge in [0.15, 0.2) is 11.5 Å². The van der Waals surface area contributed by atoms with Crippen molar-refractivity contribution in [2.45, 2.75) is 19.5 Å². The molecular formula is C17H17Cl2N7OS. The highest BCUT2D eigenvalue weighted by molar-refractivity contribution is 7.71. The van der Waals surface area contributed by atoms with Crippen LogP contribution in [0.25, 0.3) is 5.65 Å². The molecule has 1 aliphatic rings. The lowest BCUT2D eigenvalue weighted by Gasteiger charge is -2.30. The Bertz CT molecular complexity index is 1060. The molecular weight excluding hydrogens is 421 g/mol. The molecule has 0 unspecified atom stereocenters. The maximum atomic E-state index is 12.4. The van der Waals surface area contributed by atoms with Gasteiger partial charge in [0.05, 0.1) is 22.9 Å². The number of nitrogens with one attached hydrogen (secondary N) is 1. The molecule has 1 amide bonds. The van der Waals surface area contributed by atoms with E-state index in [1.807, 2.05) is 0 Å². The molecule has 3 aromatic rings. The van der Waals surface area contributed by atoms with Gasteiger partial charge in [0.25, 0.3) is 0 Å².